The van der Waals surface area contributed by atoms with Gasteiger partial charge in [0.05, 0.1) is 6.61 Å². The number of aliphatic hydroxyl groups is 5. The van der Waals surface area contributed by atoms with Gasteiger partial charge >= 0.3 is 19.8 Å². The third kappa shape index (κ3) is 28.3. The summed E-state index contributed by atoms with van der Waals surface area (Å²) >= 11 is 0. The summed E-state index contributed by atoms with van der Waals surface area (Å²) in [5.74, 6) is -1.36. The molecule has 59 heavy (non-hydrogen) atoms. The molecule has 0 spiro atoms. The van der Waals surface area contributed by atoms with E-state index in [0.717, 1.165) is 57.4 Å². The van der Waals surface area contributed by atoms with E-state index in [1.165, 1.54) is 109 Å². The summed E-state index contributed by atoms with van der Waals surface area (Å²) in [4.78, 5) is 35.5. The highest BCUT2D eigenvalue weighted by molar-refractivity contribution is 7.47. The normalized spacial score (nSPS) is 22.6. The maximum Gasteiger partial charge on any atom is 0.472 e. The Morgan fingerprint density at radius 3 is 1.49 bits per heavy atom. The second-order valence-electron chi connectivity index (χ2n) is 16.0. The van der Waals surface area contributed by atoms with Gasteiger partial charge in [0, 0.05) is 12.5 Å². The average Bonchev–Trinajstić information content (AvgIpc) is 3.21. The van der Waals surface area contributed by atoms with Crippen molar-refractivity contribution in [1.29, 1.82) is 0 Å². The average molecular weight is 861 g/mol. The summed E-state index contributed by atoms with van der Waals surface area (Å²) in [5.41, 5.74) is 0. The zero-order valence-corrected chi connectivity index (χ0v) is 37.2. The van der Waals surface area contributed by atoms with Crippen LogP contribution in [0.25, 0.3) is 0 Å². The molecular weight excluding hydrogens is 779 g/mol. The number of carbonyl (C=O) groups excluding carboxylic acids is 2. The van der Waals surface area contributed by atoms with Crippen LogP contribution >= 0.6 is 7.82 Å². The zero-order valence-electron chi connectivity index (χ0n) is 36.3. The van der Waals surface area contributed by atoms with Gasteiger partial charge in [-0.15, -0.1) is 0 Å². The molecule has 0 bridgehead atoms. The van der Waals surface area contributed by atoms with Gasteiger partial charge in [0.25, 0.3) is 0 Å². The van der Waals surface area contributed by atoms with Crippen LogP contribution in [0.3, 0.4) is 0 Å². The SMILES string of the molecule is CCCCCC/C=C/CCCCCCCCCC(=O)OC[C@H](COP(=O)(O)OC1C(O)C(O)C(O)[C@@H](O)C1O)OC(=O)/C=C/C=C/CCCCCCCCCCCCC. The van der Waals surface area contributed by atoms with E-state index in [-0.39, 0.29) is 6.42 Å². The molecule has 1 saturated carbocycles. The molecule has 8 atom stereocenters. The maximum absolute atomic E-state index is 12.8. The molecule has 14 heteroatoms. The number of hydrogen-bond acceptors (Lipinski definition) is 12. The van der Waals surface area contributed by atoms with Gasteiger partial charge < -0.3 is 39.9 Å². The number of phosphoric ester groups is 1. The predicted molar refractivity (Wildman–Crippen MR) is 230 cm³/mol. The van der Waals surface area contributed by atoms with Crippen molar-refractivity contribution in [1.82, 2.24) is 0 Å². The quantitative estimate of drug-likeness (QED) is 0.00864. The van der Waals surface area contributed by atoms with Crippen molar-refractivity contribution in [2.75, 3.05) is 13.2 Å². The fourth-order valence-corrected chi connectivity index (χ4v) is 7.81. The number of carbonyl (C=O) groups is 2. The molecule has 0 amide bonds. The van der Waals surface area contributed by atoms with Gasteiger partial charge in [-0.1, -0.05) is 160 Å². The van der Waals surface area contributed by atoms with E-state index in [1.807, 2.05) is 6.08 Å². The van der Waals surface area contributed by atoms with E-state index in [2.05, 4.69) is 26.0 Å². The molecule has 0 saturated heterocycles. The van der Waals surface area contributed by atoms with Crippen LogP contribution in [0, 0.1) is 0 Å². The summed E-state index contributed by atoms with van der Waals surface area (Å²) in [6, 6.07) is 0. The fraction of sp³-hybridized carbons (Fsp3) is 0.822. The van der Waals surface area contributed by atoms with Gasteiger partial charge in [-0.25, -0.2) is 9.36 Å². The first-order valence-electron chi connectivity index (χ1n) is 22.8. The fourth-order valence-electron chi connectivity index (χ4n) is 6.84. The topological polar surface area (TPSA) is 210 Å². The van der Waals surface area contributed by atoms with E-state index in [0.29, 0.717) is 6.42 Å². The van der Waals surface area contributed by atoms with Crippen LogP contribution in [-0.4, -0.2) is 98.3 Å². The van der Waals surface area contributed by atoms with Gasteiger partial charge in [0.15, 0.2) is 6.10 Å². The van der Waals surface area contributed by atoms with Crippen LogP contribution < -0.4 is 0 Å². The van der Waals surface area contributed by atoms with Gasteiger partial charge in [0.2, 0.25) is 0 Å². The first kappa shape index (κ1) is 55.1. The summed E-state index contributed by atoms with van der Waals surface area (Å²) < 4.78 is 33.3. The number of aliphatic hydroxyl groups excluding tert-OH is 5. The molecule has 0 heterocycles. The molecule has 0 radical (unpaired) electrons. The van der Waals surface area contributed by atoms with Gasteiger partial charge in [-0.3, -0.25) is 13.8 Å². The molecule has 13 nitrogen and oxygen atoms in total. The number of hydrogen-bond donors (Lipinski definition) is 6. The lowest BCUT2D eigenvalue weighted by atomic mass is 9.85. The molecule has 1 fully saturated rings. The largest absolute Gasteiger partial charge is 0.472 e. The molecule has 0 aromatic carbocycles. The summed E-state index contributed by atoms with van der Waals surface area (Å²) in [5, 5.41) is 50.1. The van der Waals surface area contributed by atoms with Crippen molar-refractivity contribution in [2.24, 2.45) is 0 Å². The lowest BCUT2D eigenvalue weighted by molar-refractivity contribution is -0.220. The summed E-state index contributed by atoms with van der Waals surface area (Å²) in [7, 11) is -5.14. The molecule has 0 aliphatic heterocycles. The first-order valence-corrected chi connectivity index (χ1v) is 24.3. The standard InChI is InChI=1S/C45H81O13P/c1-3-5-7-9-11-13-15-17-19-21-23-25-27-29-31-33-38(46)55-35-37(36-56-59(53,54)58-45-43(51)41(49)40(48)42(50)44(45)52)57-39(47)34-32-30-28-26-24-22-20-18-16-14-12-10-8-6-4-2/h13,15,28,30,32,34,37,40-45,48-52H,3-12,14,16-27,29,31,33,35-36H2,1-2H3,(H,53,54)/b15-13+,30-28+,34-32+/t37-,40?,41-,42?,43?,44?,45?/m1/s1. The van der Waals surface area contributed by atoms with Crippen LogP contribution in [0.1, 0.15) is 181 Å². The minimum atomic E-state index is -5.14. The van der Waals surface area contributed by atoms with E-state index < -0.39 is 75.7 Å². The van der Waals surface area contributed by atoms with Gasteiger partial charge in [-0.05, 0) is 44.9 Å². The molecular formula is C45H81O13P. The highest BCUT2D eigenvalue weighted by atomic mass is 31.2. The second-order valence-corrected chi connectivity index (χ2v) is 17.4. The van der Waals surface area contributed by atoms with Crippen molar-refractivity contribution in [3.05, 3.63) is 36.5 Å². The van der Waals surface area contributed by atoms with Crippen molar-refractivity contribution < 1.29 is 63.1 Å². The molecule has 1 rings (SSSR count). The number of rotatable bonds is 37. The number of phosphoric acid groups is 1. The zero-order chi connectivity index (χ0) is 43.6. The van der Waals surface area contributed by atoms with Gasteiger partial charge in [-0.2, -0.15) is 0 Å². The number of unbranched alkanes of at least 4 members (excludes halogenated alkanes) is 22. The summed E-state index contributed by atoms with van der Waals surface area (Å²) in [6.45, 7) is 3.18. The highest BCUT2D eigenvalue weighted by Gasteiger charge is 2.51. The van der Waals surface area contributed by atoms with Crippen molar-refractivity contribution in [2.45, 2.75) is 224 Å². The third-order valence-electron chi connectivity index (χ3n) is 10.6. The number of allylic oxidation sites excluding steroid dienone is 5. The summed E-state index contributed by atoms with van der Waals surface area (Å²) in [6.07, 6.45) is 26.9. The Balaban J connectivity index is 2.52. The predicted octanol–water partition coefficient (Wildman–Crippen LogP) is 8.61. The highest BCUT2D eigenvalue weighted by Crippen LogP contribution is 2.47. The van der Waals surface area contributed by atoms with Crippen molar-refractivity contribution in [3.63, 3.8) is 0 Å². The van der Waals surface area contributed by atoms with E-state index in [4.69, 9.17) is 18.5 Å². The minimum absolute atomic E-state index is 0.143. The maximum atomic E-state index is 12.8. The van der Waals surface area contributed by atoms with Crippen LogP contribution in [0.4, 0.5) is 0 Å². The molecule has 0 aromatic rings. The first-order chi connectivity index (χ1) is 28.4. The molecule has 344 valence electrons. The van der Waals surface area contributed by atoms with Gasteiger partial charge in [0.1, 0.15) is 43.2 Å². The molecule has 6 N–H and O–H groups in total. The smallest absolute Gasteiger partial charge is 0.462 e. The monoisotopic (exact) mass is 861 g/mol. The lowest BCUT2D eigenvalue weighted by Gasteiger charge is -2.41. The lowest BCUT2D eigenvalue weighted by Crippen LogP contribution is -2.64. The Hall–Kier alpha value is -1.93. The van der Waals surface area contributed by atoms with Crippen LogP contribution in [-0.2, 0) is 32.7 Å². The Morgan fingerprint density at radius 1 is 0.559 bits per heavy atom. The second kappa shape index (κ2) is 35.6. The van der Waals surface area contributed by atoms with Crippen LogP contribution in [0.15, 0.2) is 36.5 Å². The molecule has 1 aliphatic rings. The van der Waals surface area contributed by atoms with Crippen LogP contribution in [0.5, 0.6) is 0 Å². The Morgan fingerprint density at radius 2 is 0.983 bits per heavy atom. The molecule has 6 unspecified atom stereocenters. The number of esters is 2. The van der Waals surface area contributed by atoms with Crippen molar-refractivity contribution in [3.8, 4) is 0 Å². The van der Waals surface area contributed by atoms with E-state index in [9.17, 15) is 44.6 Å². The van der Waals surface area contributed by atoms with Crippen molar-refractivity contribution >= 4 is 19.8 Å². The van der Waals surface area contributed by atoms with E-state index in [1.54, 1.807) is 6.08 Å². The minimum Gasteiger partial charge on any atom is -0.462 e. The molecule has 1 aliphatic carbocycles. The Kier molecular flexibility index (Phi) is 33.3. The molecule has 0 aromatic heterocycles. The Bertz CT molecular complexity index is 1180. The number of ether oxygens (including phenoxy) is 2. The third-order valence-corrected chi connectivity index (χ3v) is 11.5. The Labute approximate surface area is 355 Å². The van der Waals surface area contributed by atoms with E-state index >= 15 is 0 Å². The van der Waals surface area contributed by atoms with Crippen LogP contribution in [0.2, 0.25) is 0 Å².